The van der Waals surface area contributed by atoms with E-state index in [0.29, 0.717) is 35.1 Å². The maximum atomic E-state index is 14.1. The second-order valence-corrected chi connectivity index (χ2v) is 8.66. The Morgan fingerprint density at radius 2 is 2.00 bits per heavy atom. The van der Waals surface area contributed by atoms with Crippen LogP contribution in [0.15, 0.2) is 67.3 Å². The minimum absolute atomic E-state index is 0.0829. The summed E-state index contributed by atoms with van der Waals surface area (Å²) in [6, 6.07) is 6.23. The number of piperidine rings is 1. The van der Waals surface area contributed by atoms with Crippen molar-refractivity contribution in [2.75, 3.05) is 23.7 Å². The van der Waals surface area contributed by atoms with Crippen LogP contribution in [0.1, 0.15) is 12.0 Å². The average Bonchev–Trinajstić information content (AvgIpc) is 2.86. The Hall–Kier alpha value is -4.28. The molecule has 6 rings (SSSR count). The fourth-order valence-electron chi connectivity index (χ4n) is 4.33. The second kappa shape index (κ2) is 9.40. The number of hydrogen-bond donors (Lipinski definition) is 4. The maximum Gasteiger partial charge on any atom is 0.167 e. The fourth-order valence-corrected chi connectivity index (χ4v) is 4.33. The smallest absolute Gasteiger partial charge is 0.167 e. The van der Waals surface area contributed by atoms with Gasteiger partial charge in [0, 0.05) is 36.3 Å². The van der Waals surface area contributed by atoms with E-state index >= 15 is 0 Å². The van der Waals surface area contributed by atoms with Crippen LogP contribution in [0.2, 0.25) is 0 Å². The van der Waals surface area contributed by atoms with Gasteiger partial charge in [0.25, 0.3) is 0 Å². The van der Waals surface area contributed by atoms with E-state index in [0.717, 1.165) is 29.5 Å². The number of rotatable bonds is 6. The van der Waals surface area contributed by atoms with Crippen molar-refractivity contribution in [3.8, 4) is 11.4 Å². The zero-order valence-electron chi connectivity index (χ0n) is 19.2. The Labute approximate surface area is 206 Å². The Morgan fingerprint density at radius 1 is 1.08 bits per heavy atom. The highest BCUT2D eigenvalue weighted by Gasteiger charge is 2.25. The molecule has 180 valence electrons. The molecule has 0 saturated carbocycles. The lowest BCUT2D eigenvalue weighted by molar-refractivity contribution is 0.128. The Bertz CT molecular complexity index is 1500. The van der Waals surface area contributed by atoms with E-state index in [9.17, 15) is 9.50 Å². The molecule has 10 heteroatoms. The molecule has 4 N–H and O–H groups in total. The fraction of sp³-hybridized carbons (Fsp3) is 0.192. The van der Waals surface area contributed by atoms with Crippen LogP contribution in [-0.2, 0) is 0 Å². The van der Waals surface area contributed by atoms with E-state index in [2.05, 4.69) is 30.9 Å². The summed E-state index contributed by atoms with van der Waals surface area (Å²) in [6.45, 7) is 1.32. The number of nitrogens with one attached hydrogen (secondary N) is 3. The summed E-state index contributed by atoms with van der Waals surface area (Å²) in [5, 5.41) is 21.0. The quantitative estimate of drug-likeness (QED) is 0.327. The van der Waals surface area contributed by atoms with E-state index in [1.165, 1.54) is 18.3 Å². The molecule has 1 saturated heterocycles. The molecule has 0 aromatic carbocycles. The van der Waals surface area contributed by atoms with Crippen LogP contribution in [0.3, 0.4) is 0 Å². The van der Waals surface area contributed by atoms with Crippen molar-refractivity contribution in [1.82, 2.24) is 30.2 Å². The Balaban J connectivity index is 1.43. The first-order chi connectivity index (χ1) is 17.7. The monoisotopic (exact) mass is 482 g/mol. The van der Waals surface area contributed by atoms with Gasteiger partial charge < -0.3 is 21.1 Å². The third-order valence-corrected chi connectivity index (χ3v) is 6.26. The first kappa shape index (κ1) is 22.2. The van der Waals surface area contributed by atoms with Crippen LogP contribution < -0.4 is 16.0 Å². The Morgan fingerprint density at radius 3 is 2.81 bits per heavy atom. The van der Waals surface area contributed by atoms with Crippen LogP contribution >= 0.6 is 0 Å². The van der Waals surface area contributed by atoms with Gasteiger partial charge in [-0.05, 0) is 42.8 Å². The SMILES string of the molecule is O[C@H]1CNCC[C@H]1Nc1nc(-c2ccnc(Nc3ncccc3F)c2)nc2cncc(C3=CC=C3)c12. The summed E-state index contributed by atoms with van der Waals surface area (Å²) in [5.41, 5.74) is 3.33. The van der Waals surface area contributed by atoms with Gasteiger partial charge in [0.2, 0.25) is 0 Å². The van der Waals surface area contributed by atoms with Crippen LogP contribution in [0.5, 0.6) is 0 Å². The van der Waals surface area contributed by atoms with Crippen molar-refractivity contribution in [3.05, 3.63) is 78.7 Å². The van der Waals surface area contributed by atoms with Crippen molar-refractivity contribution < 1.29 is 9.50 Å². The van der Waals surface area contributed by atoms with Crippen molar-refractivity contribution in [1.29, 1.82) is 0 Å². The summed E-state index contributed by atoms with van der Waals surface area (Å²) in [6.07, 6.45) is 12.8. The molecule has 1 aliphatic carbocycles. The molecule has 36 heavy (non-hydrogen) atoms. The normalized spacial score (nSPS) is 19.0. The predicted octanol–water partition coefficient (Wildman–Crippen LogP) is 3.45. The lowest BCUT2D eigenvalue weighted by atomic mass is 9.97. The van der Waals surface area contributed by atoms with E-state index in [1.54, 1.807) is 30.7 Å². The summed E-state index contributed by atoms with van der Waals surface area (Å²) in [7, 11) is 0. The topological polar surface area (TPSA) is 121 Å². The predicted molar refractivity (Wildman–Crippen MR) is 136 cm³/mol. The zero-order chi connectivity index (χ0) is 24.5. The summed E-state index contributed by atoms with van der Waals surface area (Å²) < 4.78 is 14.1. The van der Waals surface area contributed by atoms with Gasteiger partial charge in [0.15, 0.2) is 17.5 Å². The standard InChI is InChI=1S/C26H23FN8O/c27-18-5-2-8-31-25(18)34-22-11-16(6-10-30-22)24-33-20-13-29-12-17(15-3-1-4-15)23(20)26(35-24)32-19-7-9-28-14-21(19)36/h1-6,8,10-13,19,21,28,36H,7,9,14H2,(H,30,31,34)(H,32,33,35)/t19-,21+/m1/s1. The van der Waals surface area contributed by atoms with E-state index in [4.69, 9.17) is 9.97 Å². The number of hydrogen-bond acceptors (Lipinski definition) is 9. The second-order valence-electron chi connectivity index (χ2n) is 8.66. The minimum Gasteiger partial charge on any atom is -0.390 e. The number of allylic oxidation sites excluding steroid dienone is 4. The number of nitrogens with zero attached hydrogens (tertiary/aromatic N) is 5. The largest absolute Gasteiger partial charge is 0.390 e. The molecular weight excluding hydrogens is 459 g/mol. The van der Waals surface area contributed by atoms with Gasteiger partial charge in [0.05, 0.1) is 29.2 Å². The molecule has 0 spiro atoms. The molecule has 4 aromatic rings. The van der Waals surface area contributed by atoms with Gasteiger partial charge in [-0.15, -0.1) is 0 Å². The van der Waals surface area contributed by atoms with Crippen molar-refractivity contribution >= 4 is 33.9 Å². The van der Waals surface area contributed by atoms with Gasteiger partial charge in [-0.25, -0.2) is 24.3 Å². The van der Waals surface area contributed by atoms with Crippen LogP contribution in [0.4, 0.5) is 21.8 Å². The van der Waals surface area contributed by atoms with Gasteiger partial charge >= 0.3 is 0 Å². The van der Waals surface area contributed by atoms with E-state index < -0.39 is 11.9 Å². The lowest BCUT2D eigenvalue weighted by Crippen LogP contribution is -2.47. The van der Waals surface area contributed by atoms with Crippen molar-refractivity contribution in [2.24, 2.45) is 0 Å². The van der Waals surface area contributed by atoms with Gasteiger partial charge in [0.1, 0.15) is 11.6 Å². The molecule has 0 amide bonds. The highest BCUT2D eigenvalue weighted by Crippen LogP contribution is 2.34. The van der Waals surface area contributed by atoms with Crippen LogP contribution in [0, 0.1) is 5.82 Å². The zero-order valence-corrected chi connectivity index (χ0v) is 19.2. The maximum absolute atomic E-state index is 14.1. The van der Waals surface area contributed by atoms with E-state index in [-0.39, 0.29) is 11.9 Å². The number of β-amino-alcohol motifs (C(OH)–C–C–N with tert-alkyl or cyclic N) is 1. The number of halogens is 1. The molecule has 5 heterocycles. The first-order valence-corrected chi connectivity index (χ1v) is 11.7. The molecule has 0 radical (unpaired) electrons. The summed E-state index contributed by atoms with van der Waals surface area (Å²) >= 11 is 0. The van der Waals surface area contributed by atoms with Crippen molar-refractivity contribution in [2.45, 2.75) is 18.6 Å². The van der Waals surface area contributed by atoms with Crippen LogP contribution in [-0.4, -0.2) is 55.3 Å². The lowest BCUT2D eigenvalue weighted by Gasteiger charge is -2.30. The molecule has 2 aliphatic rings. The highest BCUT2D eigenvalue weighted by molar-refractivity contribution is 6.02. The molecule has 1 aliphatic heterocycles. The summed E-state index contributed by atoms with van der Waals surface area (Å²) in [5.74, 6) is 1.10. The first-order valence-electron chi connectivity index (χ1n) is 11.7. The molecule has 9 nitrogen and oxygen atoms in total. The number of aromatic nitrogens is 5. The highest BCUT2D eigenvalue weighted by atomic mass is 19.1. The third-order valence-electron chi connectivity index (χ3n) is 6.26. The van der Waals surface area contributed by atoms with Gasteiger partial charge in [-0.3, -0.25) is 4.98 Å². The van der Waals surface area contributed by atoms with Gasteiger partial charge in [-0.2, -0.15) is 0 Å². The van der Waals surface area contributed by atoms with E-state index in [1.807, 2.05) is 18.2 Å². The summed E-state index contributed by atoms with van der Waals surface area (Å²) in [4.78, 5) is 22.4. The molecular formula is C26H23FN8O. The van der Waals surface area contributed by atoms with Gasteiger partial charge in [-0.1, -0.05) is 18.2 Å². The number of aliphatic hydroxyl groups excluding tert-OH is 1. The number of pyridine rings is 3. The van der Waals surface area contributed by atoms with Crippen molar-refractivity contribution in [3.63, 3.8) is 0 Å². The molecule has 1 fully saturated rings. The van der Waals surface area contributed by atoms with Crippen LogP contribution in [0.25, 0.3) is 27.9 Å². The molecule has 0 bridgehead atoms. The Kier molecular flexibility index (Phi) is 5.80. The average molecular weight is 483 g/mol. The molecule has 0 unspecified atom stereocenters. The molecule has 2 atom stereocenters. The number of anilines is 3. The minimum atomic E-state index is -0.551. The molecule has 4 aromatic heterocycles. The number of aliphatic hydroxyl groups is 1. The third kappa shape index (κ3) is 4.28. The number of fused-ring (bicyclic) bond motifs is 1.